The normalized spacial score (nSPS) is 14.6. The van der Waals surface area contributed by atoms with Gasteiger partial charge in [-0.2, -0.15) is 0 Å². The molecule has 4 nitrogen and oxygen atoms in total. The van der Waals surface area contributed by atoms with Crippen LogP contribution in [0.2, 0.25) is 0 Å². The number of hydrogen-bond acceptors (Lipinski definition) is 5. The predicted octanol–water partition coefficient (Wildman–Crippen LogP) is 3.78. The standard InChI is InChI=1S/C19H20N4S/c1-13-18(24-19(21-13)15-6-4-3-5-7-15)12-23-9-8-16-10-20-14(2)22-17(16)11-23/h3-7,10H,8-9,11-12H2,1-2H3. The number of aryl methyl sites for hydroxylation is 2. The second-order valence-corrected chi connectivity index (χ2v) is 7.33. The number of nitrogens with zero attached hydrogens (tertiary/aromatic N) is 4. The third kappa shape index (κ3) is 3.09. The van der Waals surface area contributed by atoms with E-state index in [0.29, 0.717) is 0 Å². The van der Waals surface area contributed by atoms with Gasteiger partial charge >= 0.3 is 0 Å². The molecule has 0 N–H and O–H groups in total. The maximum Gasteiger partial charge on any atom is 0.125 e. The number of rotatable bonds is 3. The molecule has 3 heterocycles. The lowest BCUT2D eigenvalue weighted by atomic mass is 10.1. The molecule has 1 aliphatic heterocycles. The van der Waals surface area contributed by atoms with E-state index >= 15 is 0 Å². The molecule has 122 valence electrons. The van der Waals surface area contributed by atoms with Gasteiger partial charge in [0.05, 0.1) is 11.4 Å². The molecule has 0 amide bonds. The third-order valence-electron chi connectivity index (χ3n) is 4.43. The molecule has 2 aromatic heterocycles. The van der Waals surface area contributed by atoms with Crippen molar-refractivity contribution in [2.24, 2.45) is 0 Å². The molecule has 24 heavy (non-hydrogen) atoms. The van der Waals surface area contributed by atoms with Gasteiger partial charge in [-0.15, -0.1) is 11.3 Å². The van der Waals surface area contributed by atoms with Crippen LogP contribution < -0.4 is 0 Å². The van der Waals surface area contributed by atoms with E-state index in [1.54, 1.807) is 11.3 Å². The van der Waals surface area contributed by atoms with Crippen molar-refractivity contribution in [1.82, 2.24) is 19.9 Å². The Kier molecular flexibility index (Phi) is 4.12. The van der Waals surface area contributed by atoms with Crippen molar-refractivity contribution in [3.05, 3.63) is 64.2 Å². The summed E-state index contributed by atoms with van der Waals surface area (Å²) < 4.78 is 0. The summed E-state index contributed by atoms with van der Waals surface area (Å²) in [7, 11) is 0. The van der Waals surface area contributed by atoms with Crippen LogP contribution in [0.4, 0.5) is 0 Å². The zero-order valence-corrected chi connectivity index (χ0v) is 14.8. The smallest absolute Gasteiger partial charge is 0.125 e. The summed E-state index contributed by atoms with van der Waals surface area (Å²) in [5.74, 6) is 0.857. The van der Waals surface area contributed by atoms with Crippen LogP contribution in [0.15, 0.2) is 36.5 Å². The van der Waals surface area contributed by atoms with E-state index in [-0.39, 0.29) is 0 Å². The van der Waals surface area contributed by atoms with Crippen LogP contribution in [-0.2, 0) is 19.5 Å². The predicted molar refractivity (Wildman–Crippen MR) is 96.9 cm³/mol. The molecule has 0 spiro atoms. The van der Waals surface area contributed by atoms with E-state index in [4.69, 9.17) is 4.98 Å². The van der Waals surface area contributed by atoms with Crippen LogP contribution in [0.25, 0.3) is 10.6 Å². The Morgan fingerprint density at radius 1 is 1.12 bits per heavy atom. The first-order chi connectivity index (χ1) is 11.7. The Balaban J connectivity index is 1.53. The monoisotopic (exact) mass is 336 g/mol. The average molecular weight is 336 g/mol. The van der Waals surface area contributed by atoms with E-state index < -0.39 is 0 Å². The minimum Gasteiger partial charge on any atom is -0.292 e. The molecule has 0 atom stereocenters. The summed E-state index contributed by atoms with van der Waals surface area (Å²) in [5.41, 5.74) is 4.81. The van der Waals surface area contributed by atoms with Gasteiger partial charge in [-0.1, -0.05) is 30.3 Å². The lowest BCUT2D eigenvalue weighted by molar-refractivity contribution is 0.242. The van der Waals surface area contributed by atoms with E-state index in [1.165, 1.54) is 21.7 Å². The summed E-state index contributed by atoms with van der Waals surface area (Å²) in [6.07, 6.45) is 3.01. The zero-order valence-electron chi connectivity index (χ0n) is 14.0. The van der Waals surface area contributed by atoms with Gasteiger partial charge in [0.15, 0.2) is 0 Å². The van der Waals surface area contributed by atoms with Crippen molar-refractivity contribution >= 4 is 11.3 Å². The molecule has 0 unspecified atom stereocenters. The highest BCUT2D eigenvalue weighted by Gasteiger charge is 2.20. The summed E-state index contributed by atoms with van der Waals surface area (Å²) >= 11 is 1.81. The lowest BCUT2D eigenvalue weighted by Crippen LogP contribution is -2.31. The molecule has 0 radical (unpaired) electrons. The molecule has 5 heteroatoms. The maximum absolute atomic E-state index is 4.77. The van der Waals surface area contributed by atoms with Gasteiger partial charge in [-0.25, -0.2) is 15.0 Å². The molecular weight excluding hydrogens is 316 g/mol. The summed E-state index contributed by atoms with van der Waals surface area (Å²) in [5, 5.41) is 1.11. The second kappa shape index (κ2) is 6.42. The van der Waals surface area contributed by atoms with E-state index in [2.05, 4.69) is 46.1 Å². The number of aromatic nitrogens is 3. The van der Waals surface area contributed by atoms with E-state index in [9.17, 15) is 0 Å². The molecule has 4 rings (SSSR count). The molecule has 0 bridgehead atoms. The summed E-state index contributed by atoms with van der Waals surface area (Å²) in [6.45, 7) is 6.97. The van der Waals surface area contributed by atoms with E-state index in [0.717, 1.165) is 42.6 Å². The molecule has 0 saturated carbocycles. The molecule has 0 aliphatic carbocycles. The van der Waals surface area contributed by atoms with Gasteiger partial charge in [0.25, 0.3) is 0 Å². The third-order valence-corrected chi connectivity index (χ3v) is 5.62. The van der Waals surface area contributed by atoms with Crippen LogP contribution in [0.5, 0.6) is 0 Å². The molecule has 3 aromatic rings. The van der Waals surface area contributed by atoms with Crippen LogP contribution in [0.1, 0.15) is 27.7 Å². The van der Waals surface area contributed by atoms with Crippen molar-refractivity contribution < 1.29 is 0 Å². The average Bonchev–Trinajstić information content (AvgIpc) is 2.96. The van der Waals surface area contributed by atoms with Crippen LogP contribution >= 0.6 is 11.3 Å². The molecule has 1 aromatic carbocycles. The van der Waals surface area contributed by atoms with Gasteiger partial charge in [0.1, 0.15) is 10.8 Å². The lowest BCUT2D eigenvalue weighted by Gasteiger charge is -2.27. The van der Waals surface area contributed by atoms with Gasteiger partial charge in [0, 0.05) is 36.3 Å². The van der Waals surface area contributed by atoms with Crippen LogP contribution in [-0.4, -0.2) is 26.4 Å². The fraction of sp³-hybridized carbons (Fsp3) is 0.316. The maximum atomic E-state index is 4.77. The minimum atomic E-state index is 0.857. The zero-order chi connectivity index (χ0) is 16.5. The van der Waals surface area contributed by atoms with Gasteiger partial charge in [0.2, 0.25) is 0 Å². The SMILES string of the molecule is Cc1ncc2c(n1)CN(Cc1sc(-c3ccccc3)nc1C)CC2. The van der Waals surface area contributed by atoms with E-state index in [1.807, 2.05) is 19.2 Å². The minimum absolute atomic E-state index is 0.857. The summed E-state index contributed by atoms with van der Waals surface area (Å²) in [4.78, 5) is 17.5. The Labute approximate surface area is 146 Å². The molecule has 0 fully saturated rings. The van der Waals surface area contributed by atoms with Crippen molar-refractivity contribution in [3.63, 3.8) is 0 Å². The van der Waals surface area contributed by atoms with Crippen LogP contribution in [0.3, 0.4) is 0 Å². The topological polar surface area (TPSA) is 41.9 Å². The Morgan fingerprint density at radius 3 is 2.79 bits per heavy atom. The number of fused-ring (bicyclic) bond motifs is 1. The first kappa shape index (κ1) is 15.4. The molecular formula is C19H20N4S. The number of benzene rings is 1. The van der Waals surface area contributed by atoms with Crippen molar-refractivity contribution in [2.45, 2.75) is 33.4 Å². The Bertz CT molecular complexity index is 857. The highest BCUT2D eigenvalue weighted by Crippen LogP contribution is 2.29. The molecule has 1 aliphatic rings. The second-order valence-electron chi connectivity index (χ2n) is 6.24. The van der Waals surface area contributed by atoms with Crippen molar-refractivity contribution in [1.29, 1.82) is 0 Å². The highest BCUT2D eigenvalue weighted by atomic mass is 32.1. The number of thiazole rings is 1. The van der Waals surface area contributed by atoms with Gasteiger partial charge < -0.3 is 0 Å². The first-order valence-electron chi connectivity index (χ1n) is 8.24. The molecule has 0 saturated heterocycles. The van der Waals surface area contributed by atoms with Crippen molar-refractivity contribution in [3.8, 4) is 10.6 Å². The quantitative estimate of drug-likeness (QED) is 0.730. The Hall–Kier alpha value is -2.11. The first-order valence-corrected chi connectivity index (χ1v) is 9.06. The van der Waals surface area contributed by atoms with Crippen molar-refractivity contribution in [2.75, 3.05) is 6.54 Å². The highest BCUT2D eigenvalue weighted by molar-refractivity contribution is 7.15. The van der Waals surface area contributed by atoms with Crippen LogP contribution in [0, 0.1) is 13.8 Å². The fourth-order valence-corrected chi connectivity index (χ4v) is 4.18. The largest absolute Gasteiger partial charge is 0.292 e. The number of hydrogen-bond donors (Lipinski definition) is 0. The van der Waals surface area contributed by atoms with Gasteiger partial charge in [-0.05, 0) is 25.8 Å². The Morgan fingerprint density at radius 2 is 1.96 bits per heavy atom. The fourth-order valence-electron chi connectivity index (χ4n) is 3.07. The van der Waals surface area contributed by atoms with Gasteiger partial charge in [-0.3, -0.25) is 4.90 Å². The summed E-state index contributed by atoms with van der Waals surface area (Å²) in [6, 6.07) is 10.4.